The number of benzene rings is 2. The Kier molecular flexibility index (Phi) is 6.44. The van der Waals surface area contributed by atoms with Gasteiger partial charge >= 0.3 is 5.97 Å². The summed E-state index contributed by atoms with van der Waals surface area (Å²) >= 11 is 1.28. The van der Waals surface area contributed by atoms with Crippen molar-refractivity contribution in [3.8, 4) is 5.75 Å². The molecule has 1 aromatic heterocycles. The molecule has 0 unspecified atom stereocenters. The van der Waals surface area contributed by atoms with E-state index < -0.39 is 0 Å². The summed E-state index contributed by atoms with van der Waals surface area (Å²) in [7, 11) is 0. The Bertz CT molecular complexity index is 940. The number of aromatic nitrogens is 3. The number of thioether (sulfide) groups is 1. The van der Waals surface area contributed by atoms with Crippen LogP contribution in [0.5, 0.6) is 5.75 Å². The lowest BCUT2D eigenvalue weighted by molar-refractivity contribution is -0.131. The molecule has 0 aliphatic carbocycles. The van der Waals surface area contributed by atoms with Crippen LogP contribution >= 0.6 is 11.8 Å². The van der Waals surface area contributed by atoms with Gasteiger partial charge in [0.15, 0.2) is 5.16 Å². The van der Waals surface area contributed by atoms with E-state index in [9.17, 15) is 9.59 Å². The number of nitrogens with zero attached hydrogens (tertiary/aromatic N) is 3. The molecule has 0 spiro atoms. The van der Waals surface area contributed by atoms with E-state index in [4.69, 9.17) is 4.74 Å². The number of esters is 1. The zero-order valence-electron chi connectivity index (χ0n) is 15.5. The molecular weight excluding hydrogens is 376 g/mol. The van der Waals surface area contributed by atoms with Crippen molar-refractivity contribution >= 4 is 29.3 Å². The highest BCUT2D eigenvalue weighted by molar-refractivity contribution is 7.99. The summed E-state index contributed by atoms with van der Waals surface area (Å²) in [5.41, 5.74) is 1.19. The van der Waals surface area contributed by atoms with E-state index in [0.717, 1.165) is 0 Å². The third-order valence-corrected chi connectivity index (χ3v) is 4.73. The normalized spacial score (nSPS) is 10.7. The number of anilines is 1. The molecule has 0 aliphatic rings. The van der Waals surface area contributed by atoms with Gasteiger partial charge in [-0.15, -0.1) is 10.2 Å². The molecule has 0 aliphatic heterocycles. The minimum atomic E-state index is -0.385. The van der Waals surface area contributed by atoms with Crippen LogP contribution < -0.4 is 10.1 Å². The molecule has 0 radical (unpaired) electrons. The van der Waals surface area contributed by atoms with Gasteiger partial charge in [0.05, 0.1) is 5.75 Å². The number of nitrogens with one attached hydrogen (secondary N) is 1. The van der Waals surface area contributed by atoms with Gasteiger partial charge in [0.2, 0.25) is 0 Å². The van der Waals surface area contributed by atoms with Gasteiger partial charge in [-0.3, -0.25) is 9.59 Å². The number of carbonyl (C=O) groups is 2. The van der Waals surface area contributed by atoms with Crippen LogP contribution in [0, 0.1) is 0 Å². The highest BCUT2D eigenvalue weighted by Gasteiger charge is 2.12. The molecule has 2 aromatic carbocycles. The van der Waals surface area contributed by atoms with Crippen LogP contribution in [0.3, 0.4) is 0 Å². The van der Waals surface area contributed by atoms with E-state index in [1.165, 1.54) is 11.8 Å². The third-order valence-electron chi connectivity index (χ3n) is 3.80. The monoisotopic (exact) mass is 396 g/mol. The smallest absolute Gasteiger partial charge is 0.321 e. The fourth-order valence-corrected chi connectivity index (χ4v) is 3.19. The maximum absolute atomic E-state index is 12.1. The lowest BCUT2D eigenvalue weighted by atomic mass is 10.2. The first kappa shape index (κ1) is 19.6. The summed E-state index contributed by atoms with van der Waals surface area (Å²) in [4.78, 5) is 24.2. The molecule has 1 heterocycles. The van der Waals surface area contributed by atoms with E-state index in [2.05, 4.69) is 15.5 Å². The molecule has 0 saturated carbocycles. The predicted octanol–water partition coefficient (Wildman–Crippen LogP) is 3.81. The second kappa shape index (κ2) is 9.18. The second-order valence-corrected chi connectivity index (χ2v) is 7.16. The Morgan fingerprint density at radius 1 is 1.11 bits per heavy atom. The highest BCUT2D eigenvalue weighted by Crippen LogP contribution is 2.21. The van der Waals surface area contributed by atoms with Gasteiger partial charge < -0.3 is 14.6 Å². The Hall–Kier alpha value is -3.13. The molecule has 28 heavy (non-hydrogen) atoms. The van der Waals surface area contributed by atoms with Crippen molar-refractivity contribution in [2.75, 3.05) is 11.1 Å². The van der Waals surface area contributed by atoms with Crippen LogP contribution in [0.2, 0.25) is 0 Å². The van der Waals surface area contributed by atoms with Gasteiger partial charge in [0, 0.05) is 17.3 Å². The van der Waals surface area contributed by atoms with Crippen molar-refractivity contribution < 1.29 is 14.3 Å². The molecule has 0 atom stereocenters. The predicted molar refractivity (Wildman–Crippen MR) is 108 cm³/mol. The first-order valence-electron chi connectivity index (χ1n) is 8.72. The molecule has 1 amide bonds. The summed E-state index contributed by atoms with van der Waals surface area (Å²) in [6.07, 6.45) is 1.64. The van der Waals surface area contributed by atoms with E-state index in [1.54, 1.807) is 54.9 Å². The first-order valence-corrected chi connectivity index (χ1v) is 9.71. The summed E-state index contributed by atoms with van der Waals surface area (Å²) in [5, 5.41) is 11.3. The molecule has 1 N–H and O–H groups in total. The molecule has 0 fully saturated rings. The van der Waals surface area contributed by atoms with Gasteiger partial charge in [0.1, 0.15) is 12.1 Å². The van der Waals surface area contributed by atoms with E-state index in [0.29, 0.717) is 22.2 Å². The second-order valence-electron chi connectivity index (χ2n) is 6.22. The molecule has 144 valence electrons. The number of amides is 1. The molecule has 8 heteroatoms. The van der Waals surface area contributed by atoms with Crippen molar-refractivity contribution in [2.24, 2.45) is 0 Å². The van der Waals surface area contributed by atoms with Gasteiger partial charge in [-0.2, -0.15) is 0 Å². The quantitative estimate of drug-likeness (QED) is 0.371. The van der Waals surface area contributed by atoms with E-state index in [-0.39, 0.29) is 23.7 Å². The Morgan fingerprint density at radius 2 is 1.82 bits per heavy atom. The summed E-state index contributed by atoms with van der Waals surface area (Å²) < 4.78 is 7.22. The molecule has 0 bridgehead atoms. The average Bonchev–Trinajstić information content (AvgIpc) is 3.17. The summed E-state index contributed by atoms with van der Waals surface area (Å²) in [6.45, 7) is 4.04. The molecular formula is C20H20N4O3S. The topological polar surface area (TPSA) is 86.1 Å². The fraction of sp³-hybridized carbons (Fsp3) is 0.200. The molecule has 3 rings (SSSR count). The first-order chi connectivity index (χ1) is 13.5. The maximum Gasteiger partial charge on any atom is 0.321 e. The minimum absolute atomic E-state index is 0.123. The van der Waals surface area contributed by atoms with Gasteiger partial charge in [-0.25, -0.2) is 0 Å². The van der Waals surface area contributed by atoms with Crippen molar-refractivity contribution in [2.45, 2.75) is 25.0 Å². The number of rotatable bonds is 7. The maximum atomic E-state index is 12.1. The Morgan fingerprint density at radius 3 is 2.50 bits per heavy atom. The van der Waals surface area contributed by atoms with E-state index in [1.807, 2.05) is 24.5 Å². The van der Waals surface area contributed by atoms with Crippen LogP contribution in [0.25, 0.3) is 0 Å². The van der Waals surface area contributed by atoms with Gasteiger partial charge in [0.25, 0.3) is 5.91 Å². The number of hydrogen-bond acceptors (Lipinski definition) is 6. The van der Waals surface area contributed by atoms with Crippen molar-refractivity contribution in [1.29, 1.82) is 0 Å². The molecule has 0 saturated heterocycles. The van der Waals surface area contributed by atoms with Crippen LogP contribution in [-0.4, -0.2) is 32.4 Å². The lowest BCUT2D eigenvalue weighted by Crippen LogP contribution is -2.13. The standard InChI is InChI=1S/C20H20N4O3S/c1-14(2)24-13-21-23-20(24)28-12-18(25)27-17-10-8-16(9-11-17)22-19(26)15-6-4-3-5-7-15/h3-11,13-14H,12H2,1-2H3,(H,22,26). The van der Waals surface area contributed by atoms with Crippen molar-refractivity contribution in [3.05, 3.63) is 66.5 Å². The van der Waals surface area contributed by atoms with Crippen LogP contribution in [-0.2, 0) is 4.79 Å². The lowest BCUT2D eigenvalue weighted by Gasteiger charge is -2.09. The number of hydrogen-bond donors (Lipinski definition) is 1. The van der Waals surface area contributed by atoms with Crippen LogP contribution in [0.1, 0.15) is 30.2 Å². The van der Waals surface area contributed by atoms with Crippen LogP contribution in [0.4, 0.5) is 5.69 Å². The van der Waals surface area contributed by atoms with Gasteiger partial charge in [-0.1, -0.05) is 30.0 Å². The zero-order valence-corrected chi connectivity index (χ0v) is 16.3. The van der Waals surface area contributed by atoms with Crippen LogP contribution in [0.15, 0.2) is 66.1 Å². The fourth-order valence-electron chi connectivity index (χ4n) is 2.37. The molecule has 3 aromatic rings. The summed E-state index contributed by atoms with van der Waals surface area (Å²) in [6, 6.07) is 15.8. The van der Waals surface area contributed by atoms with Crippen molar-refractivity contribution in [1.82, 2.24) is 14.8 Å². The zero-order chi connectivity index (χ0) is 19.9. The summed E-state index contributed by atoms with van der Waals surface area (Å²) in [5.74, 6) is -0.0493. The highest BCUT2D eigenvalue weighted by atomic mass is 32.2. The molecule has 7 nitrogen and oxygen atoms in total. The Labute approximate surface area is 167 Å². The van der Waals surface area contributed by atoms with Gasteiger partial charge in [-0.05, 0) is 50.2 Å². The SMILES string of the molecule is CC(C)n1cnnc1SCC(=O)Oc1ccc(NC(=O)c2ccccc2)cc1. The third kappa shape index (κ3) is 5.20. The number of ether oxygens (including phenoxy) is 1. The minimum Gasteiger partial charge on any atom is -0.426 e. The van der Waals surface area contributed by atoms with Crippen molar-refractivity contribution in [3.63, 3.8) is 0 Å². The number of carbonyl (C=O) groups excluding carboxylic acids is 2. The average molecular weight is 396 g/mol. The largest absolute Gasteiger partial charge is 0.426 e. The van der Waals surface area contributed by atoms with E-state index >= 15 is 0 Å². The Balaban J connectivity index is 1.51.